The van der Waals surface area contributed by atoms with E-state index in [2.05, 4.69) is 9.88 Å². The van der Waals surface area contributed by atoms with Crippen molar-refractivity contribution in [1.29, 1.82) is 0 Å². The Bertz CT molecular complexity index is 1170. The molecule has 0 aliphatic carbocycles. The molecule has 1 aliphatic heterocycles. The summed E-state index contributed by atoms with van der Waals surface area (Å²) in [7, 11) is 1.58. The molecule has 0 bridgehead atoms. The number of benzene rings is 2. The number of halogens is 2. The number of aryl methyl sites for hydroxylation is 1. The number of ether oxygens (including phenoxy) is 1. The maximum atomic E-state index is 15.4. The van der Waals surface area contributed by atoms with Crippen LogP contribution in [-0.4, -0.2) is 47.7 Å². The Kier molecular flexibility index (Phi) is 8.86. The van der Waals surface area contributed by atoms with E-state index in [1.54, 1.807) is 37.6 Å². The average molecular weight is 497 g/mol. The number of nitrogens with zero attached hydrogens (tertiary/aromatic N) is 2. The fourth-order valence-electron chi connectivity index (χ4n) is 5.31. The summed E-state index contributed by atoms with van der Waals surface area (Å²) in [6.07, 6.45) is 4.36. The number of carbonyl (C=O) groups is 1. The molecule has 1 saturated heterocycles. The maximum absolute atomic E-state index is 15.4. The van der Waals surface area contributed by atoms with Gasteiger partial charge in [-0.1, -0.05) is 18.2 Å². The maximum Gasteiger partial charge on any atom is 0.308 e. The molecule has 3 atom stereocenters. The van der Waals surface area contributed by atoms with Crippen molar-refractivity contribution < 1.29 is 23.4 Å². The quantitative estimate of drug-likeness (QED) is 0.319. The smallest absolute Gasteiger partial charge is 0.308 e. The molecule has 0 unspecified atom stereocenters. The van der Waals surface area contributed by atoms with Crippen LogP contribution in [0.25, 0.3) is 10.9 Å². The van der Waals surface area contributed by atoms with Crippen LogP contribution in [-0.2, 0) is 11.2 Å². The van der Waals surface area contributed by atoms with Gasteiger partial charge in [-0.25, -0.2) is 8.78 Å². The van der Waals surface area contributed by atoms with Crippen molar-refractivity contribution in [1.82, 2.24) is 9.88 Å². The number of alkyl halides is 1. The molecule has 1 aliphatic rings. The number of carboxylic acid groups (broad SMARTS) is 1. The molecule has 1 N–H and O–H groups in total. The van der Waals surface area contributed by atoms with Gasteiger partial charge < -0.3 is 14.7 Å². The SMILES string of the molecule is COc1ccc2nccc([C@H](F)CC[C@@H]3CCN(CCCCc4ccccc4F)C[C@@H]3C(=O)O)c2c1. The largest absolute Gasteiger partial charge is 0.497 e. The number of unbranched alkanes of at least 4 members (excludes halogenated alkanes) is 1. The molecule has 3 aromatic rings. The zero-order valence-corrected chi connectivity index (χ0v) is 20.7. The van der Waals surface area contributed by atoms with Crippen LogP contribution in [0.3, 0.4) is 0 Å². The Labute approximate surface area is 211 Å². The van der Waals surface area contributed by atoms with E-state index < -0.39 is 18.1 Å². The van der Waals surface area contributed by atoms with Gasteiger partial charge in [0.1, 0.15) is 17.7 Å². The summed E-state index contributed by atoms with van der Waals surface area (Å²) >= 11 is 0. The number of piperidine rings is 1. The summed E-state index contributed by atoms with van der Waals surface area (Å²) in [4.78, 5) is 18.5. The molecule has 4 rings (SSSR count). The zero-order chi connectivity index (χ0) is 25.5. The molecule has 2 aromatic carbocycles. The third-order valence-corrected chi connectivity index (χ3v) is 7.40. The van der Waals surface area contributed by atoms with Gasteiger partial charge in [-0.3, -0.25) is 9.78 Å². The Morgan fingerprint density at radius 2 is 2.06 bits per heavy atom. The average Bonchev–Trinajstić information content (AvgIpc) is 2.90. The highest BCUT2D eigenvalue weighted by molar-refractivity contribution is 5.83. The Balaban J connectivity index is 1.30. The summed E-state index contributed by atoms with van der Waals surface area (Å²) in [5.41, 5.74) is 2.00. The van der Waals surface area contributed by atoms with E-state index >= 15 is 4.39 Å². The van der Waals surface area contributed by atoms with Gasteiger partial charge in [0.25, 0.3) is 0 Å². The van der Waals surface area contributed by atoms with E-state index in [1.165, 1.54) is 6.07 Å². The van der Waals surface area contributed by atoms with Crippen LogP contribution in [0, 0.1) is 17.7 Å². The monoisotopic (exact) mass is 496 g/mol. The zero-order valence-electron chi connectivity index (χ0n) is 20.7. The number of pyridine rings is 1. The normalized spacial score (nSPS) is 19.3. The van der Waals surface area contributed by atoms with E-state index in [4.69, 9.17) is 4.74 Å². The van der Waals surface area contributed by atoms with Gasteiger partial charge >= 0.3 is 5.97 Å². The molecule has 0 radical (unpaired) electrons. The third kappa shape index (κ3) is 6.38. The van der Waals surface area contributed by atoms with Crippen molar-refractivity contribution in [3.8, 4) is 5.75 Å². The second-order valence-electron chi connectivity index (χ2n) is 9.67. The standard InChI is InChI=1S/C29H34F2N2O3/c1-36-22-10-12-28-24(18-22)23(13-15-32-28)27(31)11-9-20-14-17-33(19-25(20)29(34)35)16-5-4-7-21-6-2-3-8-26(21)30/h2-3,6,8,10,12-13,15,18,20,25,27H,4-5,7,9,11,14,16-17,19H2,1H3,(H,34,35)/t20-,25+,27-/m1/s1. The minimum atomic E-state index is -1.20. The lowest BCUT2D eigenvalue weighted by Gasteiger charge is -2.37. The van der Waals surface area contributed by atoms with Gasteiger partial charge in [-0.05, 0) is 99.0 Å². The van der Waals surface area contributed by atoms with Gasteiger partial charge in [0.15, 0.2) is 0 Å². The van der Waals surface area contributed by atoms with Gasteiger partial charge in [0, 0.05) is 18.1 Å². The van der Waals surface area contributed by atoms with Gasteiger partial charge in [-0.2, -0.15) is 0 Å². The molecule has 1 aromatic heterocycles. The van der Waals surface area contributed by atoms with Gasteiger partial charge in [0.2, 0.25) is 0 Å². The van der Waals surface area contributed by atoms with Crippen molar-refractivity contribution >= 4 is 16.9 Å². The summed E-state index contributed by atoms with van der Waals surface area (Å²) in [5, 5.41) is 10.6. The van der Waals surface area contributed by atoms with Crippen molar-refractivity contribution in [3.63, 3.8) is 0 Å². The van der Waals surface area contributed by atoms with Gasteiger partial charge in [0.05, 0.1) is 18.5 Å². The minimum Gasteiger partial charge on any atom is -0.497 e. The summed E-state index contributed by atoms with van der Waals surface area (Å²) < 4.78 is 34.5. The van der Waals surface area contributed by atoms with Crippen molar-refractivity contribution in [2.45, 2.75) is 44.7 Å². The first-order valence-electron chi connectivity index (χ1n) is 12.7. The number of hydrogen-bond acceptors (Lipinski definition) is 4. The number of fused-ring (bicyclic) bond motifs is 1. The van der Waals surface area contributed by atoms with Crippen LogP contribution in [0.4, 0.5) is 8.78 Å². The lowest BCUT2D eigenvalue weighted by Crippen LogP contribution is -2.44. The first-order chi connectivity index (χ1) is 17.5. The number of aliphatic carboxylic acids is 1. The molecule has 2 heterocycles. The highest BCUT2D eigenvalue weighted by Crippen LogP contribution is 2.35. The number of rotatable bonds is 11. The van der Waals surface area contributed by atoms with E-state index in [9.17, 15) is 14.3 Å². The molecule has 5 nitrogen and oxygen atoms in total. The Morgan fingerprint density at radius 1 is 1.22 bits per heavy atom. The second kappa shape index (κ2) is 12.3. The molecule has 0 spiro atoms. The summed E-state index contributed by atoms with van der Waals surface area (Å²) in [6.45, 7) is 2.08. The predicted molar refractivity (Wildman–Crippen MR) is 136 cm³/mol. The van der Waals surface area contributed by atoms with Gasteiger partial charge in [-0.15, -0.1) is 0 Å². The first kappa shape index (κ1) is 26.0. The lowest BCUT2D eigenvalue weighted by molar-refractivity contribution is -0.146. The number of methoxy groups -OCH3 is 1. The summed E-state index contributed by atoms with van der Waals surface area (Å²) in [5.74, 6) is -0.902. The Morgan fingerprint density at radius 3 is 2.83 bits per heavy atom. The van der Waals surface area contributed by atoms with E-state index in [0.717, 1.165) is 43.3 Å². The van der Waals surface area contributed by atoms with Crippen LogP contribution in [0.2, 0.25) is 0 Å². The van der Waals surface area contributed by atoms with Crippen molar-refractivity contribution in [2.75, 3.05) is 26.7 Å². The molecular weight excluding hydrogens is 462 g/mol. The topological polar surface area (TPSA) is 62.7 Å². The van der Waals surface area contributed by atoms with Crippen LogP contribution < -0.4 is 4.74 Å². The van der Waals surface area contributed by atoms with Crippen LogP contribution in [0.5, 0.6) is 5.75 Å². The minimum absolute atomic E-state index is 0.0574. The molecule has 7 heteroatoms. The molecule has 0 amide bonds. The van der Waals surface area contributed by atoms with E-state index in [-0.39, 0.29) is 18.2 Å². The fourth-order valence-corrected chi connectivity index (χ4v) is 5.31. The number of aromatic nitrogens is 1. The third-order valence-electron chi connectivity index (χ3n) is 7.40. The lowest BCUT2D eigenvalue weighted by atomic mass is 9.81. The molecule has 0 saturated carbocycles. The Hall–Kier alpha value is -3.06. The number of likely N-dealkylation sites (tertiary alicyclic amines) is 1. The van der Waals surface area contributed by atoms with E-state index in [1.807, 2.05) is 18.2 Å². The molecule has 36 heavy (non-hydrogen) atoms. The van der Waals surface area contributed by atoms with Crippen molar-refractivity contribution in [3.05, 3.63) is 71.7 Å². The van der Waals surface area contributed by atoms with Crippen LogP contribution >= 0.6 is 0 Å². The molecule has 192 valence electrons. The molecular formula is C29H34F2N2O3. The number of hydrogen-bond donors (Lipinski definition) is 1. The van der Waals surface area contributed by atoms with Crippen LogP contribution in [0.15, 0.2) is 54.7 Å². The van der Waals surface area contributed by atoms with E-state index in [0.29, 0.717) is 36.2 Å². The summed E-state index contributed by atoms with van der Waals surface area (Å²) in [6, 6.07) is 13.9. The highest BCUT2D eigenvalue weighted by Gasteiger charge is 2.34. The van der Waals surface area contributed by atoms with Crippen molar-refractivity contribution in [2.24, 2.45) is 11.8 Å². The highest BCUT2D eigenvalue weighted by atomic mass is 19.1. The second-order valence-corrected chi connectivity index (χ2v) is 9.67. The molecule has 1 fully saturated rings. The predicted octanol–water partition coefficient (Wildman–Crippen LogP) is 6.22. The first-order valence-corrected chi connectivity index (χ1v) is 12.7. The number of carboxylic acids is 1. The fraction of sp³-hybridized carbons (Fsp3) is 0.448. The van der Waals surface area contributed by atoms with Crippen LogP contribution in [0.1, 0.15) is 49.4 Å².